The van der Waals surface area contributed by atoms with Crippen molar-refractivity contribution in [3.05, 3.63) is 34.9 Å². The maximum atomic E-state index is 13.0. The lowest BCUT2D eigenvalue weighted by Crippen LogP contribution is -2.58. The predicted molar refractivity (Wildman–Crippen MR) is 96.5 cm³/mol. The molecule has 0 aromatic heterocycles. The van der Waals surface area contributed by atoms with Crippen LogP contribution in [0.5, 0.6) is 0 Å². The van der Waals surface area contributed by atoms with Crippen molar-refractivity contribution in [1.82, 2.24) is 10.2 Å². The fourth-order valence-electron chi connectivity index (χ4n) is 3.69. The Morgan fingerprint density at radius 1 is 1.25 bits per heavy atom. The number of carbonyl (C=O) groups excluding carboxylic acids is 1. The van der Waals surface area contributed by atoms with Gasteiger partial charge in [0.05, 0.1) is 18.6 Å². The Bertz CT molecular complexity index is 576. The highest BCUT2D eigenvalue weighted by molar-refractivity contribution is 6.30. The summed E-state index contributed by atoms with van der Waals surface area (Å²) in [6.07, 6.45) is 2.93. The number of rotatable bonds is 5. The summed E-state index contributed by atoms with van der Waals surface area (Å²) in [4.78, 5) is 15.4. The fraction of sp³-hybridized carbons (Fsp3) is 0.632. The van der Waals surface area contributed by atoms with Crippen LogP contribution in [0, 0.1) is 0 Å². The molecular weight excluding hydrogens is 324 g/mol. The Kier molecular flexibility index (Phi) is 5.19. The van der Waals surface area contributed by atoms with Gasteiger partial charge in [-0.05, 0) is 44.4 Å². The highest BCUT2D eigenvalue weighted by Crippen LogP contribution is 2.44. The van der Waals surface area contributed by atoms with Gasteiger partial charge in [-0.1, -0.05) is 30.2 Å². The highest BCUT2D eigenvalue weighted by Gasteiger charge is 2.46. The Hall–Kier alpha value is -1.10. The minimum Gasteiger partial charge on any atom is -0.379 e. The highest BCUT2D eigenvalue weighted by atomic mass is 35.5. The van der Waals surface area contributed by atoms with Gasteiger partial charge in [-0.15, -0.1) is 0 Å². The molecule has 0 bridgehead atoms. The molecule has 4 nitrogen and oxygen atoms in total. The van der Waals surface area contributed by atoms with Crippen LogP contribution in [-0.2, 0) is 14.9 Å². The monoisotopic (exact) mass is 350 g/mol. The van der Waals surface area contributed by atoms with E-state index in [2.05, 4.69) is 24.1 Å². The van der Waals surface area contributed by atoms with Crippen molar-refractivity contribution in [2.75, 3.05) is 32.8 Å². The number of benzene rings is 1. The van der Waals surface area contributed by atoms with Gasteiger partial charge in [0.1, 0.15) is 0 Å². The summed E-state index contributed by atoms with van der Waals surface area (Å²) in [7, 11) is 0. The van der Waals surface area contributed by atoms with E-state index in [4.69, 9.17) is 16.3 Å². The molecule has 24 heavy (non-hydrogen) atoms. The summed E-state index contributed by atoms with van der Waals surface area (Å²) in [6.45, 7) is 8.42. The van der Waals surface area contributed by atoms with E-state index in [1.165, 1.54) is 0 Å². The second-order valence-electron chi connectivity index (χ2n) is 7.54. The molecular formula is C19H27ClN2O2. The number of hydrogen-bond donors (Lipinski definition) is 1. The lowest BCUT2D eigenvalue weighted by atomic mass is 9.63. The summed E-state index contributed by atoms with van der Waals surface area (Å²) in [5.74, 6) is 0.150. The quantitative estimate of drug-likeness (QED) is 0.887. The summed E-state index contributed by atoms with van der Waals surface area (Å²) < 4.78 is 5.43. The number of nitrogens with zero attached hydrogens (tertiary/aromatic N) is 1. The van der Waals surface area contributed by atoms with Crippen LogP contribution in [-0.4, -0.2) is 49.2 Å². The summed E-state index contributed by atoms with van der Waals surface area (Å²) in [6, 6.07) is 7.74. The molecule has 2 aliphatic rings. The molecule has 1 saturated heterocycles. The molecule has 1 aliphatic heterocycles. The van der Waals surface area contributed by atoms with Crippen molar-refractivity contribution in [2.45, 2.75) is 44.1 Å². The van der Waals surface area contributed by atoms with E-state index in [1.54, 1.807) is 0 Å². The van der Waals surface area contributed by atoms with Crippen LogP contribution < -0.4 is 5.32 Å². The van der Waals surface area contributed by atoms with Crippen LogP contribution in [0.3, 0.4) is 0 Å². The zero-order valence-corrected chi connectivity index (χ0v) is 15.4. The average molecular weight is 351 g/mol. The van der Waals surface area contributed by atoms with Gasteiger partial charge >= 0.3 is 0 Å². The summed E-state index contributed by atoms with van der Waals surface area (Å²) >= 11 is 5.99. The van der Waals surface area contributed by atoms with Crippen LogP contribution in [0.1, 0.15) is 38.7 Å². The Morgan fingerprint density at radius 2 is 1.88 bits per heavy atom. The SMILES string of the molecule is CC(C)(CNC(=O)C1(c2ccc(Cl)cc2)CCC1)N1CCOCC1. The normalized spacial score (nSPS) is 21.1. The Morgan fingerprint density at radius 3 is 2.42 bits per heavy atom. The molecule has 0 atom stereocenters. The lowest BCUT2D eigenvalue weighted by molar-refractivity contribution is -0.130. The van der Waals surface area contributed by atoms with Crippen molar-refractivity contribution in [2.24, 2.45) is 0 Å². The molecule has 2 fully saturated rings. The van der Waals surface area contributed by atoms with Gasteiger partial charge in [0.25, 0.3) is 0 Å². The van der Waals surface area contributed by atoms with E-state index in [-0.39, 0.29) is 16.9 Å². The van der Waals surface area contributed by atoms with Gasteiger partial charge in [-0.3, -0.25) is 9.69 Å². The second kappa shape index (κ2) is 7.03. The van der Waals surface area contributed by atoms with Crippen molar-refractivity contribution >= 4 is 17.5 Å². The van der Waals surface area contributed by atoms with Crippen molar-refractivity contribution in [1.29, 1.82) is 0 Å². The fourth-order valence-corrected chi connectivity index (χ4v) is 3.82. The molecule has 1 N–H and O–H groups in total. The standard InChI is InChI=1S/C19H27ClN2O2/c1-18(2,22-10-12-24-13-11-22)14-21-17(23)19(8-3-9-19)15-4-6-16(20)7-5-15/h4-7H,3,8-14H2,1-2H3,(H,21,23). The van der Waals surface area contributed by atoms with Crippen LogP contribution in [0.2, 0.25) is 5.02 Å². The Balaban J connectivity index is 1.65. The topological polar surface area (TPSA) is 41.6 Å². The van der Waals surface area contributed by atoms with E-state index >= 15 is 0 Å². The van der Waals surface area contributed by atoms with Gasteiger partial charge in [0.15, 0.2) is 0 Å². The minimum absolute atomic E-state index is 0.0651. The van der Waals surface area contributed by atoms with Crippen LogP contribution in [0.15, 0.2) is 24.3 Å². The summed E-state index contributed by atoms with van der Waals surface area (Å²) in [5, 5.41) is 3.93. The van der Waals surface area contributed by atoms with Gasteiger partial charge in [0.2, 0.25) is 5.91 Å². The molecule has 1 amide bonds. The van der Waals surface area contributed by atoms with E-state index < -0.39 is 0 Å². The molecule has 0 unspecified atom stereocenters. The van der Waals surface area contributed by atoms with Crippen molar-refractivity contribution in [3.8, 4) is 0 Å². The number of morpholine rings is 1. The first kappa shape index (κ1) is 17.7. The zero-order valence-electron chi connectivity index (χ0n) is 14.6. The Labute approximate surface area is 149 Å². The van der Waals surface area contributed by atoms with Crippen LogP contribution in [0.4, 0.5) is 0 Å². The van der Waals surface area contributed by atoms with E-state index in [9.17, 15) is 4.79 Å². The van der Waals surface area contributed by atoms with Gasteiger partial charge in [-0.2, -0.15) is 0 Å². The van der Waals surface area contributed by atoms with E-state index in [0.29, 0.717) is 11.6 Å². The maximum absolute atomic E-state index is 13.0. The first-order valence-corrected chi connectivity index (χ1v) is 9.19. The van der Waals surface area contributed by atoms with Gasteiger partial charge < -0.3 is 10.1 Å². The third-order valence-electron chi connectivity index (χ3n) is 5.59. The van der Waals surface area contributed by atoms with Gasteiger partial charge in [0, 0.05) is 30.2 Å². The number of halogens is 1. The molecule has 0 spiro atoms. The first-order valence-electron chi connectivity index (χ1n) is 8.81. The third-order valence-corrected chi connectivity index (χ3v) is 5.84. The van der Waals surface area contributed by atoms with E-state index in [1.807, 2.05) is 24.3 Å². The lowest BCUT2D eigenvalue weighted by Gasteiger charge is -2.44. The maximum Gasteiger partial charge on any atom is 0.230 e. The molecule has 1 heterocycles. The van der Waals surface area contributed by atoms with Crippen LogP contribution in [0.25, 0.3) is 0 Å². The van der Waals surface area contributed by atoms with Crippen molar-refractivity contribution in [3.63, 3.8) is 0 Å². The first-order chi connectivity index (χ1) is 11.4. The number of carbonyl (C=O) groups is 1. The smallest absolute Gasteiger partial charge is 0.230 e. The largest absolute Gasteiger partial charge is 0.379 e. The molecule has 1 aliphatic carbocycles. The molecule has 0 radical (unpaired) electrons. The molecule has 132 valence electrons. The zero-order chi connectivity index (χ0) is 17.2. The predicted octanol–water partition coefficient (Wildman–Crippen LogP) is 2.99. The molecule has 3 rings (SSSR count). The molecule has 1 aromatic rings. The van der Waals surface area contributed by atoms with Crippen LogP contribution >= 0.6 is 11.6 Å². The third kappa shape index (κ3) is 3.46. The van der Waals surface area contributed by atoms with Crippen molar-refractivity contribution < 1.29 is 9.53 Å². The molecule has 1 aromatic carbocycles. The van der Waals surface area contributed by atoms with Gasteiger partial charge in [-0.25, -0.2) is 0 Å². The number of amides is 1. The number of ether oxygens (including phenoxy) is 1. The second-order valence-corrected chi connectivity index (χ2v) is 7.97. The number of nitrogens with one attached hydrogen (secondary N) is 1. The summed E-state index contributed by atoms with van der Waals surface area (Å²) in [5.41, 5.74) is 0.649. The minimum atomic E-state index is -0.369. The average Bonchev–Trinajstić information content (AvgIpc) is 2.55. The van der Waals surface area contributed by atoms with E-state index in [0.717, 1.165) is 51.1 Å². The molecule has 1 saturated carbocycles. The number of hydrogen-bond acceptors (Lipinski definition) is 3. The molecule has 5 heteroatoms.